The van der Waals surface area contributed by atoms with Crippen molar-refractivity contribution in [3.05, 3.63) is 18.9 Å². The predicted octanol–water partition coefficient (Wildman–Crippen LogP) is 0.686. The Labute approximate surface area is 72.7 Å². The minimum atomic E-state index is -0.697. The fourth-order valence-electron chi connectivity index (χ4n) is 1.07. The second-order valence-corrected chi connectivity index (χ2v) is 2.86. The molecular formula is C9H13O3. The summed E-state index contributed by atoms with van der Waals surface area (Å²) < 4.78 is 5.18. The first-order valence-corrected chi connectivity index (χ1v) is 4.05. The van der Waals surface area contributed by atoms with Crippen LogP contribution in [-0.4, -0.2) is 23.1 Å². The number of aliphatic hydroxyl groups excluding tert-OH is 1. The van der Waals surface area contributed by atoms with E-state index in [1.165, 1.54) is 6.42 Å². The standard InChI is InChI=1S/C9H13O3/c1-3-7(10)9-8(11)5-4-6(2)12-9/h4-5,7,9-10H,3H2,1-2H3/t7-,9-/m0/s1. The SMILES string of the molecule is CC[C@H](O)[C@@H]1O[C](C)[CH][CH]C1=O. The number of rotatable bonds is 2. The van der Waals surface area contributed by atoms with Gasteiger partial charge in [0.05, 0.1) is 12.2 Å². The van der Waals surface area contributed by atoms with Crippen molar-refractivity contribution in [3.8, 4) is 0 Å². The molecule has 1 rings (SSSR count). The number of carbonyl (C=O) groups excluding carboxylic acids is 1. The van der Waals surface area contributed by atoms with E-state index >= 15 is 0 Å². The van der Waals surface area contributed by atoms with E-state index in [0.29, 0.717) is 12.5 Å². The quantitative estimate of drug-likeness (QED) is 0.661. The summed E-state index contributed by atoms with van der Waals surface area (Å²) in [5.41, 5.74) is 0. The van der Waals surface area contributed by atoms with Gasteiger partial charge >= 0.3 is 0 Å². The Balaban J connectivity index is 2.54. The summed E-state index contributed by atoms with van der Waals surface area (Å²) in [5.74, 6) is -0.157. The van der Waals surface area contributed by atoms with E-state index in [1.54, 1.807) is 13.3 Å². The summed E-state index contributed by atoms with van der Waals surface area (Å²) in [7, 11) is 0. The van der Waals surface area contributed by atoms with Crippen LogP contribution in [-0.2, 0) is 9.53 Å². The van der Waals surface area contributed by atoms with Gasteiger partial charge in [0.1, 0.15) is 6.10 Å². The third kappa shape index (κ3) is 2.05. The number of Topliss-reactive ketones (excluding diaryl/α,β-unsaturated/α-hetero) is 1. The number of hydrogen-bond donors (Lipinski definition) is 1. The van der Waals surface area contributed by atoms with Crippen molar-refractivity contribution >= 4 is 5.78 Å². The molecule has 0 saturated carbocycles. The maximum atomic E-state index is 11.2. The molecule has 1 heterocycles. The van der Waals surface area contributed by atoms with Gasteiger partial charge < -0.3 is 9.84 Å². The summed E-state index contributed by atoms with van der Waals surface area (Å²) in [6.45, 7) is 3.58. The van der Waals surface area contributed by atoms with E-state index < -0.39 is 12.2 Å². The summed E-state index contributed by atoms with van der Waals surface area (Å²) >= 11 is 0. The Morgan fingerprint density at radius 3 is 2.92 bits per heavy atom. The number of ketones is 1. The third-order valence-corrected chi connectivity index (χ3v) is 1.84. The van der Waals surface area contributed by atoms with Gasteiger partial charge in [0, 0.05) is 12.8 Å². The number of hydrogen-bond acceptors (Lipinski definition) is 3. The highest BCUT2D eigenvalue weighted by Crippen LogP contribution is 2.22. The molecule has 0 spiro atoms. The topological polar surface area (TPSA) is 46.5 Å². The molecule has 0 aromatic carbocycles. The molecule has 3 radical (unpaired) electrons. The van der Waals surface area contributed by atoms with Gasteiger partial charge in [-0.3, -0.25) is 4.79 Å². The van der Waals surface area contributed by atoms with E-state index in [-0.39, 0.29) is 5.78 Å². The van der Waals surface area contributed by atoms with Crippen molar-refractivity contribution in [2.24, 2.45) is 0 Å². The summed E-state index contributed by atoms with van der Waals surface area (Å²) in [6, 6.07) is 0. The minimum Gasteiger partial charge on any atom is -0.390 e. The molecule has 3 heteroatoms. The largest absolute Gasteiger partial charge is 0.390 e. The maximum absolute atomic E-state index is 11.2. The van der Waals surface area contributed by atoms with Crippen LogP contribution in [0.4, 0.5) is 0 Å². The average Bonchev–Trinajstić information content (AvgIpc) is 2.08. The Morgan fingerprint density at radius 1 is 1.67 bits per heavy atom. The normalized spacial score (nSPS) is 28.9. The monoisotopic (exact) mass is 169 g/mol. The maximum Gasteiger partial charge on any atom is 0.168 e. The highest BCUT2D eigenvalue weighted by molar-refractivity contribution is 5.94. The molecule has 12 heavy (non-hydrogen) atoms. The lowest BCUT2D eigenvalue weighted by Crippen LogP contribution is -2.40. The molecule has 2 atom stereocenters. The lowest BCUT2D eigenvalue weighted by molar-refractivity contribution is -0.135. The zero-order chi connectivity index (χ0) is 9.14. The van der Waals surface area contributed by atoms with Crippen LogP contribution in [0.15, 0.2) is 0 Å². The van der Waals surface area contributed by atoms with Crippen LogP contribution in [0.1, 0.15) is 20.3 Å². The first-order valence-electron chi connectivity index (χ1n) is 4.05. The molecule has 67 valence electrons. The fraction of sp³-hybridized carbons (Fsp3) is 0.556. The van der Waals surface area contributed by atoms with Crippen molar-refractivity contribution in [2.75, 3.05) is 0 Å². The van der Waals surface area contributed by atoms with Crippen LogP contribution in [0, 0.1) is 18.9 Å². The second-order valence-electron chi connectivity index (χ2n) is 2.86. The van der Waals surface area contributed by atoms with Gasteiger partial charge in [-0.1, -0.05) is 6.92 Å². The average molecular weight is 169 g/mol. The van der Waals surface area contributed by atoms with Crippen LogP contribution in [0.25, 0.3) is 0 Å². The van der Waals surface area contributed by atoms with Crippen LogP contribution in [0.2, 0.25) is 0 Å². The van der Waals surface area contributed by atoms with E-state index in [4.69, 9.17) is 4.74 Å². The Kier molecular flexibility index (Phi) is 3.23. The molecule has 0 unspecified atom stereocenters. The van der Waals surface area contributed by atoms with Gasteiger partial charge in [0.25, 0.3) is 0 Å². The highest BCUT2D eigenvalue weighted by atomic mass is 16.5. The van der Waals surface area contributed by atoms with Crippen LogP contribution in [0.3, 0.4) is 0 Å². The van der Waals surface area contributed by atoms with Crippen LogP contribution >= 0.6 is 0 Å². The molecule has 3 nitrogen and oxygen atoms in total. The Bertz CT molecular complexity index is 167. The van der Waals surface area contributed by atoms with Gasteiger partial charge in [-0.15, -0.1) is 0 Å². The van der Waals surface area contributed by atoms with E-state index in [1.807, 2.05) is 6.92 Å². The molecule has 0 aliphatic carbocycles. The minimum absolute atomic E-state index is 0.157. The van der Waals surface area contributed by atoms with Crippen molar-refractivity contribution in [1.82, 2.24) is 0 Å². The predicted molar refractivity (Wildman–Crippen MR) is 43.7 cm³/mol. The van der Waals surface area contributed by atoms with Crippen molar-refractivity contribution < 1.29 is 14.6 Å². The highest BCUT2D eigenvalue weighted by Gasteiger charge is 2.32. The molecule has 1 saturated heterocycles. The van der Waals surface area contributed by atoms with Gasteiger partial charge in [0.15, 0.2) is 5.78 Å². The molecule has 1 fully saturated rings. The van der Waals surface area contributed by atoms with E-state index in [0.717, 1.165) is 0 Å². The molecule has 0 aromatic heterocycles. The van der Waals surface area contributed by atoms with Gasteiger partial charge in [-0.05, 0) is 13.3 Å². The van der Waals surface area contributed by atoms with Crippen LogP contribution < -0.4 is 0 Å². The summed E-state index contributed by atoms with van der Waals surface area (Å²) in [4.78, 5) is 11.2. The first-order chi connectivity index (χ1) is 5.65. The number of carbonyl (C=O) groups is 1. The van der Waals surface area contributed by atoms with Gasteiger partial charge in [-0.2, -0.15) is 0 Å². The lowest BCUT2D eigenvalue weighted by Gasteiger charge is -2.28. The summed E-state index contributed by atoms with van der Waals surface area (Å²) in [6.07, 6.45) is 2.87. The van der Waals surface area contributed by atoms with Gasteiger partial charge in [0.2, 0.25) is 0 Å². The summed E-state index contributed by atoms with van der Waals surface area (Å²) in [5, 5.41) is 9.38. The van der Waals surface area contributed by atoms with Crippen molar-refractivity contribution in [1.29, 1.82) is 0 Å². The zero-order valence-electron chi connectivity index (χ0n) is 7.28. The van der Waals surface area contributed by atoms with Crippen molar-refractivity contribution in [2.45, 2.75) is 32.5 Å². The Hall–Kier alpha value is -0.410. The molecule has 0 amide bonds. The van der Waals surface area contributed by atoms with E-state index in [9.17, 15) is 9.90 Å². The second kappa shape index (κ2) is 4.01. The molecule has 1 aliphatic heterocycles. The molecule has 1 N–H and O–H groups in total. The molecule has 0 aromatic rings. The zero-order valence-corrected chi connectivity index (χ0v) is 7.28. The lowest BCUT2D eigenvalue weighted by atomic mass is 9.98. The Morgan fingerprint density at radius 2 is 2.33 bits per heavy atom. The third-order valence-electron chi connectivity index (χ3n) is 1.84. The smallest absolute Gasteiger partial charge is 0.168 e. The number of aliphatic hydroxyl groups is 1. The fourth-order valence-corrected chi connectivity index (χ4v) is 1.07. The molecular weight excluding hydrogens is 156 g/mol. The van der Waals surface area contributed by atoms with Crippen molar-refractivity contribution in [3.63, 3.8) is 0 Å². The first kappa shape index (κ1) is 9.68. The van der Waals surface area contributed by atoms with Crippen LogP contribution in [0.5, 0.6) is 0 Å². The van der Waals surface area contributed by atoms with E-state index in [2.05, 4.69) is 0 Å². The molecule has 0 bridgehead atoms. The van der Waals surface area contributed by atoms with Gasteiger partial charge in [-0.25, -0.2) is 0 Å². The number of ether oxygens (including phenoxy) is 1. The molecule has 1 aliphatic rings.